The Labute approximate surface area is 131 Å². The molecule has 1 aliphatic carbocycles. The van der Waals surface area contributed by atoms with Gasteiger partial charge in [-0.2, -0.15) is 0 Å². The molecule has 0 atom stereocenters. The van der Waals surface area contributed by atoms with Crippen LogP contribution in [0.5, 0.6) is 17.2 Å². The third-order valence-corrected chi connectivity index (χ3v) is 3.80. The van der Waals surface area contributed by atoms with Gasteiger partial charge < -0.3 is 19.5 Å². The molecule has 4 nitrogen and oxygen atoms in total. The normalized spacial score (nSPS) is 14.0. The molecule has 2 rings (SSSR count). The Morgan fingerprint density at radius 1 is 1.14 bits per heavy atom. The Bertz CT molecular complexity index is 463. The highest BCUT2D eigenvalue weighted by Crippen LogP contribution is 2.35. The molecule has 1 aromatic carbocycles. The number of benzene rings is 1. The van der Waals surface area contributed by atoms with Gasteiger partial charge in [0.1, 0.15) is 5.75 Å². The first kappa shape index (κ1) is 16.9. The molecular formula is C17H26FNO3. The maximum atomic E-state index is 12.2. The quantitative estimate of drug-likeness (QED) is 0.638. The van der Waals surface area contributed by atoms with Crippen LogP contribution < -0.4 is 19.5 Å². The number of ether oxygens (including phenoxy) is 3. The van der Waals surface area contributed by atoms with Crippen LogP contribution in [-0.4, -0.2) is 40.6 Å². The van der Waals surface area contributed by atoms with E-state index in [1.165, 1.54) is 12.8 Å². The molecule has 0 aromatic heterocycles. The summed E-state index contributed by atoms with van der Waals surface area (Å²) in [7, 11) is 3.26. The van der Waals surface area contributed by atoms with Crippen molar-refractivity contribution in [1.82, 2.24) is 5.32 Å². The number of methoxy groups -OCH3 is 2. The fraction of sp³-hybridized carbons (Fsp3) is 0.647. The molecule has 0 heterocycles. The van der Waals surface area contributed by atoms with Gasteiger partial charge in [-0.05, 0) is 49.9 Å². The smallest absolute Gasteiger partial charge is 0.164 e. The summed E-state index contributed by atoms with van der Waals surface area (Å²) >= 11 is 0. The zero-order chi connectivity index (χ0) is 15.8. The van der Waals surface area contributed by atoms with Crippen LogP contribution in [0.25, 0.3) is 0 Å². The van der Waals surface area contributed by atoms with E-state index < -0.39 is 0 Å². The Morgan fingerprint density at radius 2 is 1.91 bits per heavy atom. The number of hydrogen-bond donors (Lipinski definition) is 1. The van der Waals surface area contributed by atoms with E-state index in [0.29, 0.717) is 24.5 Å². The molecule has 0 bridgehead atoms. The monoisotopic (exact) mass is 311 g/mol. The van der Waals surface area contributed by atoms with Crippen LogP contribution in [0.2, 0.25) is 0 Å². The maximum Gasteiger partial charge on any atom is 0.164 e. The van der Waals surface area contributed by atoms with E-state index in [4.69, 9.17) is 14.2 Å². The van der Waals surface area contributed by atoms with Crippen LogP contribution >= 0.6 is 0 Å². The van der Waals surface area contributed by atoms with Gasteiger partial charge >= 0.3 is 0 Å². The van der Waals surface area contributed by atoms with Crippen LogP contribution in [0.3, 0.4) is 0 Å². The molecule has 1 aliphatic rings. The van der Waals surface area contributed by atoms with Gasteiger partial charge in [-0.3, -0.25) is 4.39 Å². The van der Waals surface area contributed by atoms with Gasteiger partial charge in [-0.15, -0.1) is 0 Å². The van der Waals surface area contributed by atoms with Crippen molar-refractivity contribution >= 4 is 0 Å². The highest BCUT2D eigenvalue weighted by atomic mass is 19.1. The third-order valence-electron chi connectivity index (χ3n) is 3.80. The third kappa shape index (κ3) is 5.05. The summed E-state index contributed by atoms with van der Waals surface area (Å²) in [6.45, 7) is 1.96. The first-order valence-electron chi connectivity index (χ1n) is 7.92. The largest absolute Gasteiger partial charge is 0.496 e. The Kier molecular flexibility index (Phi) is 6.77. The Hall–Kier alpha value is -1.49. The molecule has 124 valence electrons. The summed E-state index contributed by atoms with van der Waals surface area (Å²) in [6.07, 6.45) is 3.96. The minimum absolute atomic E-state index is 0.332. The Balaban J connectivity index is 1.97. The van der Waals surface area contributed by atoms with Gasteiger partial charge in [-0.25, -0.2) is 0 Å². The second-order valence-electron chi connectivity index (χ2n) is 5.60. The highest BCUT2D eigenvalue weighted by molar-refractivity contribution is 5.50. The average Bonchev–Trinajstić information content (AvgIpc) is 3.36. The lowest BCUT2D eigenvalue weighted by molar-refractivity contribution is 0.271. The number of nitrogens with one attached hydrogen (secondary N) is 1. The molecule has 0 radical (unpaired) electrons. The zero-order valence-corrected chi connectivity index (χ0v) is 13.5. The lowest BCUT2D eigenvalue weighted by atomic mass is 10.1. The number of hydrogen-bond acceptors (Lipinski definition) is 4. The number of alkyl halides is 1. The minimum Gasteiger partial charge on any atom is -0.496 e. The predicted octanol–water partition coefficient (Wildman–Crippen LogP) is 2.98. The van der Waals surface area contributed by atoms with Gasteiger partial charge in [0.2, 0.25) is 0 Å². The van der Waals surface area contributed by atoms with Crippen molar-refractivity contribution in [1.29, 1.82) is 0 Å². The van der Waals surface area contributed by atoms with Gasteiger partial charge in [0.05, 0.1) is 27.5 Å². The molecule has 1 fully saturated rings. The predicted molar refractivity (Wildman–Crippen MR) is 84.9 cm³/mol. The van der Waals surface area contributed by atoms with Gasteiger partial charge in [0.15, 0.2) is 11.5 Å². The number of rotatable bonds is 11. The molecule has 22 heavy (non-hydrogen) atoms. The summed E-state index contributed by atoms with van der Waals surface area (Å²) in [5.74, 6) is 2.92. The standard InChI is InChI=1S/C17H26FNO3/c1-20-15-11-17(22-9-3-7-18)16(21-2)10-14(15)6-8-19-12-13-4-5-13/h10-11,13,19H,3-9,12H2,1-2H3. The van der Waals surface area contributed by atoms with Crippen LogP contribution in [0.1, 0.15) is 24.8 Å². The van der Waals surface area contributed by atoms with Crippen molar-refractivity contribution in [2.45, 2.75) is 25.7 Å². The molecule has 0 spiro atoms. The van der Waals surface area contributed by atoms with Gasteiger partial charge in [0, 0.05) is 12.5 Å². The summed E-state index contributed by atoms with van der Waals surface area (Å²) in [5.41, 5.74) is 1.08. The summed E-state index contributed by atoms with van der Waals surface area (Å²) in [4.78, 5) is 0. The second-order valence-corrected chi connectivity index (χ2v) is 5.60. The van der Waals surface area contributed by atoms with E-state index >= 15 is 0 Å². The molecule has 0 aliphatic heterocycles. The van der Waals surface area contributed by atoms with Crippen LogP contribution in [0.15, 0.2) is 12.1 Å². The van der Waals surface area contributed by atoms with Gasteiger partial charge in [0.25, 0.3) is 0 Å². The van der Waals surface area contributed by atoms with E-state index in [1.54, 1.807) is 14.2 Å². The molecule has 0 saturated heterocycles. The molecule has 0 unspecified atom stereocenters. The van der Waals surface area contributed by atoms with E-state index in [0.717, 1.165) is 36.7 Å². The molecule has 1 aromatic rings. The van der Waals surface area contributed by atoms with Crippen molar-refractivity contribution in [3.05, 3.63) is 17.7 Å². The summed E-state index contributed by atoms with van der Waals surface area (Å²) in [5, 5.41) is 3.47. The fourth-order valence-corrected chi connectivity index (χ4v) is 2.33. The minimum atomic E-state index is -0.385. The molecule has 1 saturated carbocycles. The lowest BCUT2D eigenvalue weighted by Crippen LogP contribution is -2.20. The maximum absolute atomic E-state index is 12.2. The van der Waals surface area contributed by atoms with E-state index in [2.05, 4.69) is 5.32 Å². The first-order chi connectivity index (χ1) is 10.8. The number of halogens is 1. The molecule has 5 heteroatoms. The van der Waals surface area contributed by atoms with Crippen molar-refractivity contribution in [2.75, 3.05) is 40.6 Å². The Morgan fingerprint density at radius 3 is 2.55 bits per heavy atom. The SMILES string of the molecule is COc1cc(OCCCF)c(OC)cc1CCNCC1CC1. The molecule has 0 amide bonds. The van der Waals surface area contributed by atoms with Crippen LogP contribution in [0.4, 0.5) is 4.39 Å². The average molecular weight is 311 g/mol. The van der Waals surface area contributed by atoms with Crippen molar-refractivity contribution in [2.24, 2.45) is 5.92 Å². The first-order valence-corrected chi connectivity index (χ1v) is 7.92. The van der Waals surface area contributed by atoms with Gasteiger partial charge in [-0.1, -0.05) is 0 Å². The van der Waals surface area contributed by atoms with Crippen molar-refractivity contribution < 1.29 is 18.6 Å². The topological polar surface area (TPSA) is 39.7 Å². The molecular weight excluding hydrogens is 285 g/mol. The molecule has 1 N–H and O–H groups in total. The highest BCUT2D eigenvalue weighted by Gasteiger charge is 2.20. The van der Waals surface area contributed by atoms with Crippen molar-refractivity contribution in [3.63, 3.8) is 0 Å². The van der Waals surface area contributed by atoms with Crippen LogP contribution in [0, 0.1) is 5.92 Å². The van der Waals surface area contributed by atoms with Crippen molar-refractivity contribution in [3.8, 4) is 17.2 Å². The van der Waals surface area contributed by atoms with E-state index in [-0.39, 0.29) is 6.67 Å². The van der Waals surface area contributed by atoms with Crippen LogP contribution in [-0.2, 0) is 6.42 Å². The second kappa shape index (κ2) is 8.83. The zero-order valence-electron chi connectivity index (χ0n) is 13.5. The summed E-state index contributed by atoms with van der Waals surface area (Å²) in [6, 6.07) is 3.77. The fourth-order valence-electron chi connectivity index (χ4n) is 2.33. The summed E-state index contributed by atoms with van der Waals surface area (Å²) < 4.78 is 28.6. The van der Waals surface area contributed by atoms with E-state index in [1.807, 2.05) is 12.1 Å². The lowest BCUT2D eigenvalue weighted by Gasteiger charge is -2.15. The van der Waals surface area contributed by atoms with E-state index in [9.17, 15) is 4.39 Å².